The van der Waals surface area contributed by atoms with Crippen LogP contribution in [0.25, 0.3) is 0 Å². The Morgan fingerprint density at radius 1 is 1.23 bits per heavy atom. The van der Waals surface area contributed by atoms with E-state index < -0.39 is 4.92 Å². The van der Waals surface area contributed by atoms with Crippen LogP contribution in [0.4, 0.5) is 5.69 Å². The van der Waals surface area contributed by atoms with Gasteiger partial charge in [0.2, 0.25) is 5.91 Å². The average Bonchev–Trinajstić information content (AvgIpc) is 2.97. The summed E-state index contributed by atoms with van der Waals surface area (Å²) in [5.74, 6) is -0.0810. The van der Waals surface area contributed by atoms with Gasteiger partial charge in [0.25, 0.3) is 5.69 Å². The van der Waals surface area contributed by atoms with E-state index in [2.05, 4.69) is 15.5 Å². The van der Waals surface area contributed by atoms with Crippen molar-refractivity contribution in [2.75, 3.05) is 0 Å². The number of nitro groups is 1. The largest absolute Gasteiger partial charge is 0.303 e. The molecule has 1 aliphatic heterocycles. The molecule has 0 radical (unpaired) electrons. The highest BCUT2D eigenvalue weighted by molar-refractivity contribution is 8.15. The van der Waals surface area contributed by atoms with Crippen molar-refractivity contribution in [3.05, 3.63) is 75.3 Å². The van der Waals surface area contributed by atoms with Crippen LogP contribution in [0.2, 0.25) is 0 Å². The minimum atomic E-state index is -0.458. The third kappa shape index (κ3) is 4.34. The van der Waals surface area contributed by atoms with Gasteiger partial charge in [-0.3, -0.25) is 14.9 Å². The minimum Gasteiger partial charge on any atom is -0.303 e. The molecule has 2 aromatic carbocycles. The molecule has 1 heterocycles. The summed E-state index contributed by atoms with van der Waals surface area (Å²) in [4.78, 5) is 22.3. The van der Waals surface area contributed by atoms with Crippen LogP contribution in [0, 0.1) is 17.0 Å². The molecule has 0 aliphatic carbocycles. The number of nitrogens with one attached hydrogen (secondary N) is 1. The van der Waals surface area contributed by atoms with Crippen molar-refractivity contribution in [3.63, 3.8) is 0 Å². The molecule has 0 aromatic heterocycles. The Morgan fingerprint density at radius 3 is 2.65 bits per heavy atom. The summed E-state index contributed by atoms with van der Waals surface area (Å²) in [7, 11) is 0. The van der Waals surface area contributed by atoms with Crippen molar-refractivity contribution in [1.29, 1.82) is 0 Å². The van der Waals surface area contributed by atoms with E-state index in [1.807, 2.05) is 31.2 Å². The first-order valence-corrected chi connectivity index (χ1v) is 8.78. The lowest BCUT2D eigenvalue weighted by atomic mass is 10.0. The Bertz CT molecular complexity index is 894. The number of hydrogen-bond acceptors (Lipinski definition) is 6. The maximum Gasteiger partial charge on any atom is 0.269 e. The van der Waals surface area contributed by atoms with Crippen LogP contribution in [-0.2, 0) is 11.2 Å². The molecule has 7 nitrogen and oxygen atoms in total. The van der Waals surface area contributed by atoms with Gasteiger partial charge >= 0.3 is 0 Å². The molecule has 8 heteroatoms. The fourth-order valence-corrected chi connectivity index (χ4v) is 3.41. The van der Waals surface area contributed by atoms with Crippen LogP contribution >= 0.6 is 11.8 Å². The number of amidine groups is 1. The summed E-state index contributed by atoms with van der Waals surface area (Å²) < 4.78 is 0. The van der Waals surface area contributed by atoms with E-state index in [9.17, 15) is 14.9 Å². The number of hydrogen-bond donors (Lipinski definition) is 1. The number of nitrogens with zero attached hydrogens (tertiary/aromatic N) is 3. The van der Waals surface area contributed by atoms with Gasteiger partial charge < -0.3 is 5.32 Å². The molecule has 2 aromatic rings. The topological polar surface area (TPSA) is 97.0 Å². The van der Waals surface area contributed by atoms with E-state index in [-0.39, 0.29) is 16.8 Å². The first kappa shape index (κ1) is 17.8. The van der Waals surface area contributed by atoms with Gasteiger partial charge in [0.15, 0.2) is 5.17 Å². The zero-order valence-corrected chi connectivity index (χ0v) is 14.8. The van der Waals surface area contributed by atoms with Crippen LogP contribution in [0.1, 0.15) is 16.7 Å². The highest BCUT2D eigenvalue weighted by Crippen LogP contribution is 2.24. The Kier molecular flexibility index (Phi) is 5.43. The number of carbonyl (C=O) groups is 1. The molecular formula is C18H16N4O3S. The van der Waals surface area contributed by atoms with Crippen LogP contribution in [0.15, 0.2) is 58.7 Å². The van der Waals surface area contributed by atoms with E-state index >= 15 is 0 Å². The summed E-state index contributed by atoms with van der Waals surface area (Å²) in [5.41, 5.74) is 3.00. The second-order valence-electron chi connectivity index (χ2n) is 5.72. The third-order valence-electron chi connectivity index (χ3n) is 3.90. The monoisotopic (exact) mass is 368 g/mol. The number of non-ortho nitro benzene ring substituents is 1. The number of aryl methyl sites for hydroxylation is 1. The average molecular weight is 368 g/mol. The maximum absolute atomic E-state index is 12.1. The van der Waals surface area contributed by atoms with Crippen LogP contribution in [0.5, 0.6) is 0 Å². The van der Waals surface area contributed by atoms with Crippen LogP contribution in [0.3, 0.4) is 0 Å². The Balaban J connectivity index is 1.62. The molecular weight excluding hydrogens is 352 g/mol. The molecule has 26 heavy (non-hydrogen) atoms. The van der Waals surface area contributed by atoms with Crippen molar-refractivity contribution < 1.29 is 9.72 Å². The second kappa shape index (κ2) is 7.92. The molecule has 0 bridgehead atoms. The highest BCUT2D eigenvalue weighted by Gasteiger charge is 2.30. The van der Waals surface area contributed by atoms with E-state index in [4.69, 9.17) is 0 Å². The van der Waals surface area contributed by atoms with Crippen molar-refractivity contribution in [2.24, 2.45) is 10.2 Å². The lowest BCUT2D eigenvalue weighted by Gasteiger charge is -2.07. The molecule has 3 rings (SSSR count). The molecule has 0 saturated carbocycles. The van der Waals surface area contributed by atoms with Crippen molar-refractivity contribution in [1.82, 2.24) is 5.32 Å². The highest BCUT2D eigenvalue weighted by atomic mass is 32.2. The van der Waals surface area contributed by atoms with Crippen LogP contribution in [-0.4, -0.2) is 27.5 Å². The minimum absolute atomic E-state index is 0.0196. The van der Waals surface area contributed by atoms with Crippen molar-refractivity contribution in [2.45, 2.75) is 18.6 Å². The fraction of sp³-hybridized carbons (Fsp3) is 0.167. The summed E-state index contributed by atoms with van der Waals surface area (Å²) in [6, 6.07) is 14.0. The number of amides is 1. The van der Waals surface area contributed by atoms with Gasteiger partial charge in [-0.15, -0.1) is 5.10 Å². The molecule has 1 amide bonds. The zero-order valence-electron chi connectivity index (χ0n) is 14.0. The lowest BCUT2D eigenvalue weighted by Crippen LogP contribution is -2.26. The van der Waals surface area contributed by atoms with Gasteiger partial charge in [0.05, 0.1) is 16.4 Å². The smallest absolute Gasteiger partial charge is 0.269 e. The fourth-order valence-electron chi connectivity index (χ4n) is 2.46. The summed E-state index contributed by atoms with van der Waals surface area (Å²) >= 11 is 1.35. The van der Waals surface area contributed by atoms with Gasteiger partial charge in [0, 0.05) is 12.1 Å². The zero-order chi connectivity index (χ0) is 18.5. The number of nitro benzene ring substituents is 1. The number of carbonyl (C=O) groups excluding carboxylic acids is 1. The van der Waals surface area contributed by atoms with E-state index in [1.165, 1.54) is 30.1 Å². The summed E-state index contributed by atoms with van der Waals surface area (Å²) in [6.45, 7) is 2.02. The molecule has 132 valence electrons. The Morgan fingerprint density at radius 2 is 1.96 bits per heavy atom. The third-order valence-corrected chi connectivity index (χ3v) is 4.97. The lowest BCUT2D eigenvalue weighted by molar-refractivity contribution is -0.384. The molecule has 1 N–H and O–H groups in total. The summed E-state index contributed by atoms with van der Waals surface area (Å²) in [6.07, 6.45) is 2.12. The number of benzene rings is 2. The van der Waals surface area contributed by atoms with Crippen molar-refractivity contribution >= 4 is 34.7 Å². The summed E-state index contributed by atoms with van der Waals surface area (Å²) in [5, 5.41) is 21.5. The maximum atomic E-state index is 12.1. The first-order valence-electron chi connectivity index (χ1n) is 7.90. The van der Waals surface area contributed by atoms with E-state index in [0.717, 1.165) is 11.1 Å². The van der Waals surface area contributed by atoms with Gasteiger partial charge in [-0.05, 0) is 42.2 Å². The van der Waals surface area contributed by atoms with Gasteiger partial charge in [-0.25, -0.2) is 0 Å². The number of rotatable bonds is 5. The molecule has 1 atom stereocenters. The predicted molar refractivity (Wildman–Crippen MR) is 103 cm³/mol. The van der Waals surface area contributed by atoms with Crippen LogP contribution < -0.4 is 5.32 Å². The molecule has 1 unspecified atom stereocenters. The van der Waals surface area contributed by atoms with Gasteiger partial charge in [0.1, 0.15) is 0 Å². The van der Waals surface area contributed by atoms with E-state index in [1.54, 1.807) is 12.1 Å². The van der Waals surface area contributed by atoms with Gasteiger partial charge in [-0.1, -0.05) is 36.0 Å². The quantitative estimate of drug-likeness (QED) is 0.498. The molecule has 0 spiro atoms. The number of thioether (sulfide) groups is 1. The van der Waals surface area contributed by atoms with Gasteiger partial charge in [-0.2, -0.15) is 5.10 Å². The molecule has 1 fully saturated rings. The Hall–Kier alpha value is -3.00. The normalized spacial score (nSPS) is 18.4. The Labute approximate surface area is 154 Å². The molecule has 1 saturated heterocycles. The molecule has 1 aliphatic rings. The van der Waals surface area contributed by atoms with E-state index in [0.29, 0.717) is 17.2 Å². The van der Waals surface area contributed by atoms with Crippen molar-refractivity contribution in [3.8, 4) is 0 Å². The second-order valence-corrected chi connectivity index (χ2v) is 6.92. The first-order chi connectivity index (χ1) is 12.5. The predicted octanol–water partition coefficient (Wildman–Crippen LogP) is 3.07. The standard InChI is InChI=1S/C18H16N4O3S/c1-12-4-2-3-5-14(12)10-16-17(23)20-18(26-16)21-19-11-13-6-8-15(9-7-13)22(24)25/h2-9,11,16H,10H2,1H3,(H,20,21,23). The SMILES string of the molecule is Cc1ccccc1CC1S/C(=N\N=Cc2ccc([N+](=O)[O-])cc2)NC1=O.